The molecule has 0 saturated carbocycles. The summed E-state index contributed by atoms with van der Waals surface area (Å²) in [6.07, 6.45) is 1.98. The Morgan fingerprint density at radius 1 is 1.33 bits per heavy atom. The molecule has 2 heterocycles. The lowest BCUT2D eigenvalue weighted by Crippen LogP contribution is -2.51. The van der Waals surface area contributed by atoms with Gasteiger partial charge < -0.3 is 24.8 Å². The van der Waals surface area contributed by atoms with Crippen LogP contribution in [-0.2, 0) is 18.3 Å². The van der Waals surface area contributed by atoms with Crippen LogP contribution in [0.1, 0.15) is 30.1 Å². The lowest BCUT2D eigenvalue weighted by Gasteiger charge is -2.35. The van der Waals surface area contributed by atoms with Crippen molar-refractivity contribution in [3.05, 3.63) is 41.2 Å². The molecule has 1 unspecified atom stereocenters. The van der Waals surface area contributed by atoms with Gasteiger partial charge in [-0.1, -0.05) is 6.07 Å². The fourth-order valence-electron chi connectivity index (χ4n) is 3.53. The van der Waals surface area contributed by atoms with Gasteiger partial charge in [0.2, 0.25) is 0 Å². The molecule has 1 aliphatic rings. The number of aromatic nitrogens is 3. The minimum absolute atomic E-state index is 0.161. The van der Waals surface area contributed by atoms with Crippen LogP contribution in [0.3, 0.4) is 0 Å². The summed E-state index contributed by atoms with van der Waals surface area (Å²) in [6.45, 7) is 7.11. The summed E-state index contributed by atoms with van der Waals surface area (Å²) < 4.78 is 21.4. The third kappa shape index (κ3) is 5.69. The van der Waals surface area contributed by atoms with E-state index in [4.69, 9.17) is 4.74 Å². The number of halogens is 1. The zero-order chi connectivity index (χ0) is 21.5. The van der Waals surface area contributed by atoms with Crippen molar-refractivity contribution in [2.45, 2.75) is 39.3 Å². The van der Waals surface area contributed by atoms with Crippen LogP contribution in [0.25, 0.3) is 0 Å². The Hall–Kier alpha value is -2.68. The van der Waals surface area contributed by atoms with Crippen LogP contribution in [0.5, 0.6) is 0 Å². The second-order valence-electron chi connectivity index (χ2n) is 7.69. The predicted molar refractivity (Wildman–Crippen MR) is 116 cm³/mol. The summed E-state index contributed by atoms with van der Waals surface area (Å²) in [5.74, 6) is 2.17. The first-order chi connectivity index (χ1) is 14.5. The Morgan fingerprint density at radius 2 is 2.17 bits per heavy atom. The molecule has 0 radical (unpaired) electrons. The van der Waals surface area contributed by atoms with Crippen molar-refractivity contribution in [1.29, 1.82) is 0 Å². The normalized spacial score (nSPS) is 17.3. The maximum atomic E-state index is 14.4. The highest BCUT2D eigenvalue weighted by molar-refractivity contribution is 5.80. The highest BCUT2D eigenvalue weighted by Gasteiger charge is 2.23. The number of nitrogens with zero attached hydrogens (tertiary/aromatic N) is 5. The van der Waals surface area contributed by atoms with Crippen molar-refractivity contribution in [2.24, 2.45) is 12.0 Å². The first kappa shape index (κ1) is 22.0. The van der Waals surface area contributed by atoms with E-state index in [9.17, 15) is 4.39 Å². The molecule has 30 heavy (non-hydrogen) atoms. The van der Waals surface area contributed by atoms with Gasteiger partial charge in [-0.2, -0.15) is 0 Å². The maximum absolute atomic E-state index is 14.4. The number of anilines is 1. The van der Waals surface area contributed by atoms with Gasteiger partial charge in [0.15, 0.2) is 11.8 Å². The fourth-order valence-corrected chi connectivity index (χ4v) is 3.53. The highest BCUT2D eigenvalue weighted by atomic mass is 19.1. The molecule has 1 saturated heterocycles. The monoisotopic (exact) mass is 417 g/mol. The molecule has 164 valence electrons. The third-order valence-electron chi connectivity index (χ3n) is 5.36. The Morgan fingerprint density at radius 3 is 2.90 bits per heavy atom. The number of piperidine rings is 1. The van der Waals surface area contributed by atoms with Gasteiger partial charge in [-0.15, -0.1) is 10.2 Å². The molecule has 2 aromatic rings. The number of methoxy groups -OCH3 is 1. The number of aryl methyl sites for hydroxylation is 2. The number of nitrogens with one attached hydrogen (secondary N) is 2. The van der Waals surface area contributed by atoms with E-state index < -0.39 is 0 Å². The zero-order valence-corrected chi connectivity index (χ0v) is 18.3. The molecule has 3 rings (SSSR count). The van der Waals surface area contributed by atoms with E-state index in [-0.39, 0.29) is 11.9 Å². The van der Waals surface area contributed by atoms with Gasteiger partial charge in [0.1, 0.15) is 18.2 Å². The molecule has 0 bridgehead atoms. The standard InChI is InChI=1S/C21H32FN7O/c1-15-7-8-18(22)19(12-15)29-10-5-6-17(14-29)25-21(23-9-11-30-4)24-13-20-27-26-16(2)28(20)3/h7-8,12,17H,5-6,9-11,13-14H2,1-4H3,(H2,23,24,25). The average molecular weight is 418 g/mol. The summed E-state index contributed by atoms with van der Waals surface area (Å²) >= 11 is 0. The molecule has 1 fully saturated rings. The zero-order valence-electron chi connectivity index (χ0n) is 18.3. The lowest BCUT2D eigenvalue weighted by atomic mass is 10.0. The molecule has 9 heteroatoms. The van der Waals surface area contributed by atoms with Crippen LogP contribution >= 0.6 is 0 Å². The number of hydrogen-bond donors (Lipinski definition) is 2. The van der Waals surface area contributed by atoms with E-state index in [2.05, 4.69) is 30.7 Å². The lowest BCUT2D eigenvalue weighted by molar-refractivity contribution is 0.203. The predicted octanol–water partition coefficient (Wildman–Crippen LogP) is 1.92. The molecule has 1 aromatic heterocycles. The second-order valence-corrected chi connectivity index (χ2v) is 7.69. The average Bonchev–Trinajstić information content (AvgIpc) is 3.06. The first-order valence-electron chi connectivity index (χ1n) is 10.4. The molecule has 8 nitrogen and oxygen atoms in total. The quantitative estimate of drug-likeness (QED) is 0.407. The van der Waals surface area contributed by atoms with Gasteiger partial charge >= 0.3 is 0 Å². The number of rotatable bonds is 7. The van der Waals surface area contributed by atoms with E-state index in [1.807, 2.05) is 31.5 Å². The van der Waals surface area contributed by atoms with E-state index in [1.54, 1.807) is 19.2 Å². The van der Waals surface area contributed by atoms with E-state index >= 15 is 0 Å². The van der Waals surface area contributed by atoms with E-state index in [1.165, 1.54) is 0 Å². The summed E-state index contributed by atoms with van der Waals surface area (Å²) in [7, 11) is 3.60. The highest BCUT2D eigenvalue weighted by Crippen LogP contribution is 2.24. The number of aliphatic imine (C=N–C) groups is 1. The van der Waals surface area contributed by atoms with Gasteiger partial charge in [0.05, 0.1) is 12.3 Å². The van der Waals surface area contributed by atoms with Gasteiger partial charge in [-0.3, -0.25) is 0 Å². The molecule has 0 amide bonds. The largest absolute Gasteiger partial charge is 0.383 e. The number of ether oxygens (including phenoxy) is 1. The van der Waals surface area contributed by atoms with Crippen molar-refractivity contribution in [3.63, 3.8) is 0 Å². The van der Waals surface area contributed by atoms with Crippen LogP contribution < -0.4 is 15.5 Å². The maximum Gasteiger partial charge on any atom is 0.192 e. The van der Waals surface area contributed by atoms with Crippen LogP contribution in [0.2, 0.25) is 0 Å². The Kier molecular flexibility index (Phi) is 7.62. The smallest absolute Gasteiger partial charge is 0.192 e. The minimum atomic E-state index is -0.175. The second kappa shape index (κ2) is 10.4. The summed E-state index contributed by atoms with van der Waals surface area (Å²) in [5.41, 5.74) is 1.73. The van der Waals surface area contributed by atoms with Crippen molar-refractivity contribution in [3.8, 4) is 0 Å². The SMILES string of the molecule is COCCNC(=NCc1nnc(C)n1C)NC1CCCN(c2cc(C)ccc2F)C1. The van der Waals surface area contributed by atoms with Crippen LogP contribution in [0.4, 0.5) is 10.1 Å². The molecule has 1 aromatic carbocycles. The topological polar surface area (TPSA) is 79.6 Å². The molecular formula is C21H32FN7O. The molecule has 1 atom stereocenters. The third-order valence-corrected chi connectivity index (χ3v) is 5.36. The Bertz CT molecular complexity index is 867. The molecule has 2 N–H and O–H groups in total. The van der Waals surface area contributed by atoms with Crippen molar-refractivity contribution < 1.29 is 9.13 Å². The fraction of sp³-hybridized carbons (Fsp3) is 0.571. The Balaban J connectivity index is 1.68. The van der Waals surface area contributed by atoms with Gasteiger partial charge in [0, 0.05) is 39.8 Å². The van der Waals surface area contributed by atoms with Gasteiger partial charge in [0.25, 0.3) is 0 Å². The Labute approximate surface area is 177 Å². The summed E-state index contributed by atoms with van der Waals surface area (Å²) in [5, 5.41) is 15.1. The van der Waals surface area contributed by atoms with Crippen molar-refractivity contribution in [1.82, 2.24) is 25.4 Å². The number of benzene rings is 1. The van der Waals surface area contributed by atoms with Crippen LogP contribution in [0, 0.1) is 19.7 Å². The molecule has 1 aliphatic heterocycles. The van der Waals surface area contributed by atoms with Crippen molar-refractivity contribution in [2.75, 3.05) is 38.3 Å². The first-order valence-corrected chi connectivity index (χ1v) is 10.4. The number of guanidine groups is 1. The van der Waals surface area contributed by atoms with Crippen molar-refractivity contribution >= 4 is 11.6 Å². The van der Waals surface area contributed by atoms with Gasteiger partial charge in [-0.05, 0) is 44.4 Å². The summed E-state index contributed by atoms with van der Waals surface area (Å²) in [4.78, 5) is 6.80. The molecule has 0 spiro atoms. The summed E-state index contributed by atoms with van der Waals surface area (Å²) in [6, 6.07) is 5.43. The molecule has 0 aliphatic carbocycles. The van der Waals surface area contributed by atoms with Crippen LogP contribution in [-0.4, -0.2) is 60.1 Å². The van der Waals surface area contributed by atoms with Gasteiger partial charge in [-0.25, -0.2) is 9.38 Å². The van der Waals surface area contributed by atoms with E-state index in [0.717, 1.165) is 36.6 Å². The van der Waals surface area contributed by atoms with E-state index in [0.29, 0.717) is 37.9 Å². The van der Waals surface area contributed by atoms with Crippen LogP contribution in [0.15, 0.2) is 23.2 Å². The molecular weight excluding hydrogens is 385 g/mol. The minimum Gasteiger partial charge on any atom is -0.383 e. The number of hydrogen-bond acceptors (Lipinski definition) is 5.